The molecule has 0 saturated carbocycles. The normalized spacial score (nSPS) is 16.4. The highest BCUT2D eigenvalue weighted by Gasteiger charge is 2.07. The maximum absolute atomic E-state index is 4.07. The Labute approximate surface area is 61.1 Å². The summed E-state index contributed by atoms with van der Waals surface area (Å²) in [6.07, 6.45) is 10.4. The molecule has 2 radical (unpaired) electrons. The fourth-order valence-corrected chi connectivity index (χ4v) is 1.30. The highest BCUT2D eigenvalue weighted by molar-refractivity contribution is 5.27. The summed E-state index contributed by atoms with van der Waals surface area (Å²) >= 11 is 0. The van der Waals surface area contributed by atoms with Gasteiger partial charge in [0, 0.05) is 12.4 Å². The van der Waals surface area contributed by atoms with Crippen LogP contribution in [0.2, 0.25) is 0 Å². The number of pyridine rings is 1. The van der Waals surface area contributed by atoms with Crippen LogP contribution in [0, 0.1) is 6.42 Å². The number of fused-ring (bicyclic) bond motifs is 1. The van der Waals surface area contributed by atoms with Crippen LogP contribution in [0.1, 0.15) is 17.5 Å². The van der Waals surface area contributed by atoms with Crippen molar-refractivity contribution in [3.8, 4) is 0 Å². The van der Waals surface area contributed by atoms with Gasteiger partial charge in [-0.25, -0.2) is 0 Å². The van der Waals surface area contributed by atoms with Crippen LogP contribution < -0.4 is 0 Å². The van der Waals surface area contributed by atoms with Gasteiger partial charge >= 0.3 is 0 Å². The zero-order valence-electron chi connectivity index (χ0n) is 5.80. The summed E-state index contributed by atoms with van der Waals surface area (Å²) in [6.45, 7) is 0. The van der Waals surface area contributed by atoms with Crippen LogP contribution in [0.15, 0.2) is 18.5 Å². The molecule has 2 rings (SSSR count). The lowest BCUT2D eigenvalue weighted by atomic mass is 9.94. The second-order valence-corrected chi connectivity index (χ2v) is 2.57. The molecule has 0 aromatic carbocycles. The highest BCUT2D eigenvalue weighted by Crippen LogP contribution is 2.18. The van der Waals surface area contributed by atoms with Crippen molar-refractivity contribution >= 4 is 0 Å². The van der Waals surface area contributed by atoms with E-state index >= 15 is 0 Å². The molecular formula is C9H9N. The third-order valence-corrected chi connectivity index (χ3v) is 1.89. The lowest BCUT2D eigenvalue weighted by Crippen LogP contribution is -2.02. The zero-order chi connectivity index (χ0) is 6.81. The van der Waals surface area contributed by atoms with E-state index in [1.807, 2.05) is 12.4 Å². The van der Waals surface area contributed by atoms with Crippen LogP contribution >= 0.6 is 0 Å². The predicted octanol–water partition coefficient (Wildman–Crippen LogP) is 1.65. The number of hydrogen-bond donors (Lipinski definition) is 0. The average Bonchev–Trinajstić information content (AvgIpc) is 2.05. The summed E-state index contributed by atoms with van der Waals surface area (Å²) in [7, 11) is 0. The Morgan fingerprint density at radius 2 is 2.40 bits per heavy atom. The Balaban J connectivity index is 2.41. The Kier molecular flexibility index (Phi) is 1.42. The molecule has 1 aromatic heterocycles. The van der Waals surface area contributed by atoms with Gasteiger partial charge in [-0.2, -0.15) is 0 Å². The first-order valence-corrected chi connectivity index (χ1v) is 3.59. The molecule has 0 fully saturated rings. The molecule has 0 atom stereocenters. The third kappa shape index (κ3) is 0.919. The molecular weight excluding hydrogens is 122 g/mol. The van der Waals surface area contributed by atoms with E-state index in [0.29, 0.717) is 0 Å². The molecule has 0 aliphatic heterocycles. The maximum atomic E-state index is 4.07. The van der Waals surface area contributed by atoms with Gasteiger partial charge in [0.25, 0.3) is 0 Å². The van der Waals surface area contributed by atoms with Gasteiger partial charge in [-0.05, 0) is 42.9 Å². The standard InChI is InChI=1S/C9H9N/c1-2-4-9-7-10-6-5-8(9)3-1/h5-7H,2-4H2. The number of hydrogen-bond acceptors (Lipinski definition) is 1. The first-order chi connectivity index (χ1) is 4.97. The van der Waals surface area contributed by atoms with Gasteiger partial charge in [0.2, 0.25) is 0 Å². The lowest BCUT2D eigenvalue weighted by Gasteiger charge is -2.12. The van der Waals surface area contributed by atoms with Crippen molar-refractivity contribution in [3.63, 3.8) is 0 Å². The molecule has 0 bridgehead atoms. The van der Waals surface area contributed by atoms with Crippen molar-refractivity contribution in [2.45, 2.75) is 19.3 Å². The van der Waals surface area contributed by atoms with Gasteiger partial charge in [-0.1, -0.05) is 0 Å². The smallest absolute Gasteiger partial charge is 0.0302 e. The maximum Gasteiger partial charge on any atom is 0.0302 e. The fourth-order valence-electron chi connectivity index (χ4n) is 1.30. The van der Waals surface area contributed by atoms with E-state index in [9.17, 15) is 0 Å². The van der Waals surface area contributed by atoms with Crippen LogP contribution in [-0.2, 0) is 12.8 Å². The molecule has 50 valence electrons. The van der Waals surface area contributed by atoms with E-state index in [1.165, 1.54) is 11.1 Å². The Morgan fingerprint density at radius 1 is 1.40 bits per heavy atom. The summed E-state index contributed by atoms with van der Waals surface area (Å²) in [5, 5.41) is 0. The minimum atomic E-state index is 1.01. The third-order valence-electron chi connectivity index (χ3n) is 1.89. The minimum absolute atomic E-state index is 1.01. The Bertz CT molecular complexity index is 205. The van der Waals surface area contributed by atoms with Crippen LogP contribution in [-0.4, -0.2) is 4.98 Å². The van der Waals surface area contributed by atoms with Gasteiger partial charge in [0.1, 0.15) is 0 Å². The van der Waals surface area contributed by atoms with Gasteiger partial charge < -0.3 is 0 Å². The number of rotatable bonds is 0. The van der Waals surface area contributed by atoms with Gasteiger partial charge in [0.15, 0.2) is 0 Å². The van der Waals surface area contributed by atoms with Gasteiger partial charge in [0.05, 0.1) is 0 Å². The molecule has 0 amide bonds. The van der Waals surface area contributed by atoms with Crippen molar-refractivity contribution in [2.75, 3.05) is 0 Å². The molecule has 1 aliphatic carbocycles. The van der Waals surface area contributed by atoms with Gasteiger partial charge in [-0.3, -0.25) is 4.98 Å². The van der Waals surface area contributed by atoms with Crippen molar-refractivity contribution in [3.05, 3.63) is 36.0 Å². The van der Waals surface area contributed by atoms with E-state index in [-0.39, 0.29) is 0 Å². The first-order valence-electron chi connectivity index (χ1n) is 3.59. The van der Waals surface area contributed by atoms with Crippen molar-refractivity contribution in [1.29, 1.82) is 0 Å². The first kappa shape index (κ1) is 5.90. The number of aromatic nitrogens is 1. The minimum Gasteiger partial charge on any atom is -0.264 e. The summed E-state index contributed by atoms with van der Waals surface area (Å²) in [5.41, 5.74) is 2.81. The summed E-state index contributed by atoms with van der Waals surface area (Å²) in [4.78, 5) is 4.07. The molecule has 1 aromatic rings. The quantitative estimate of drug-likeness (QED) is 0.521. The van der Waals surface area contributed by atoms with Gasteiger partial charge in [-0.15, -0.1) is 0 Å². The zero-order valence-corrected chi connectivity index (χ0v) is 5.80. The van der Waals surface area contributed by atoms with E-state index in [4.69, 9.17) is 0 Å². The predicted molar refractivity (Wildman–Crippen MR) is 39.5 cm³/mol. The van der Waals surface area contributed by atoms with Crippen molar-refractivity contribution < 1.29 is 0 Å². The lowest BCUT2D eigenvalue weighted by molar-refractivity contribution is 0.821. The van der Waals surface area contributed by atoms with E-state index in [2.05, 4.69) is 17.5 Å². The van der Waals surface area contributed by atoms with E-state index in [0.717, 1.165) is 19.3 Å². The Morgan fingerprint density at radius 3 is 3.30 bits per heavy atom. The molecule has 1 aliphatic rings. The van der Waals surface area contributed by atoms with Crippen molar-refractivity contribution in [1.82, 2.24) is 4.98 Å². The second-order valence-electron chi connectivity index (χ2n) is 2.57. The molecule has 1 nitrogen and oxygen atoms in total. The highest BCUT2D eigenvalue weighted by atomic mass is 14.6. The van der Waals surface area contributed by atoms with Crippen LogP contribution in [0.25, 0.3) is 0 Å². The monoisotopic (exact) mass is 131 g/mol. The number of aryl methyl sites for hydroxylation is 1. The van der Waals surface area contributed by atoms with Crippen LogP contribution in [0.4, 0.5) is 0 Å². The number of nitrogens with zero attached hydrogens (tertiary/aromatic N) is 1. The second kappa shape index (κ2) is 2.41. The van der Waals surface area contributed by atoms with Crippen LogP contribution in [0.3, 0.4) is 0 Å². The molecule has 0 N–H and O–H groups in total. The summed E-state index contributed by atoms with van der Waals surface area (Å²) < 4.78 is 0. The molecule has 1 heteroatoms. The largest absolute Gasteiger partial charge is 0.264 e. The molecule has 0 unspecified atom stereocenters. The summed E-state index contributed by atoms with van der Waals surface area (Å²) in [6, 6.07) is 2.08. The van der Waals surface area contributed by atoms with E-state index in [1.54, 1.807) is 0 Å². The van der Waals surface area contributed by atoms with Crippen LogP contribution in [0.5, 0.6) is 0 Å². The SMILES string of the molecule is [C]1CCc2cnccc2C1. The molecule has 0 spiro atoms. The average molecular weight is 131 g/mol. The fraction of sp³-hybridized carbons (Fsp3) is 0.333. The topological polar surface area (TPSA) is 12.9 Å². The molecule has 0 saturated heterocycles. The Hall–Kier alpha value is -0.850. The van der Waals surface area contributed by atoms with Crippen molar-refractivity contribution in [2.24, 2.45) is 0 Å². The summed E-state index contributed by atoms with van der Waals surface area (Å²) in [5.74, 6) is 0. The molecule has 1 heterocycles. The molecule has 10 heavy (non-hydrogen) atoms. The van der Waals surface area contributed by atoms with E-state index < -0.39 is 0 Å².